The van der Waals surface area contributed by atoms with Crippen LogP contribution in [0.3, 0.4) is 0 Å². The average molecular weight is 275 g/mol. The molecule has 4 heteroatoms. The molecule has 0 aliphatic heterocycles. The van der Waals surface area contributed by atoms with Crippen LogP contribution in [0.5, 0.6) is 0 Å². The summed E-state index contributed by atoms with van der Waals surface area (Å²) in [5.41, 5.74) is 2.80. The summed E-state index contributed by atoms with van der Waals surface area (Å²) in [6, 6.07) is 6.57. The summed E-state index contributed by atoms with van der Waals surface area (Å²) in [6.07, 6.45) is 2.62. The normalized spacial score (nSPS) is 14.4. The van der Waals surface area contributed by atoms with Crippen molar-refractivity contribution in [3.8, 4) is 0 Å². The fourth-order valence-electron chi connectivity index (χ4n) is 2.52. The molecule has 0 radical (unpaired) electrons. The highest BCUT2D eigenvalue weighted by Crippen LogP contribution is 2.25. The van der Waals surface area contributed by atoms with Crippen LogP contribution in [0.2, 0.25) is 0 Å². The maximum Gasteiger partial charge on any atom is 0.251 e. The quantitative estimate of drug-likeness (QED) is 0.802. The predicted molar refractivity (Wildman–Crippen MR) is 83.3 cm³/mol. The van der Waals surface area contributed by atoms with Crippen LogP contribution in [0.25, 0.3) is 0 Å². The van der Waals surface area contributed by atoms with Crippen molar-refractivity contribution < 1.29 is 4.79 Å². The van der Waals surface area contributed by atoms with E-state index >= 15 is 0 Å². The highest BCUT2D eigenvalue weighted by atomic mass is 16.1. The van der Waals surface area contributed by atoms with Crippen molar-refractivity contribution in [2.45, 2.75) is 32.7 Å². The van der Waals surface area contributed by atoms with Crippen molar-refractivity contribution >= 4 is 11.6 Å². The SMILES string of the molecule is CCN(CCNC(=O)c1ccc(NC)cc1C)C1CC1. The lowest BCUT2D eigenvalue weighted by atomic mass is 10.1. The van der Waals surface area contributed by atoms with Gasteiger partial charge in [-0.05, 0) is 50.1 Å². The van der Waals surface area contributed by atoms with Gasteiger partial charge in [-0.2, -0.15) is 0 Å². The summed E-state index contributed by atoms with van der Waals surface area (Å²) >= 11 is 0. The third kappa shape index (κ3) is 3.73. The number of hydrogen-bond donors (Lipinski definition) is 2. The molecule has 1 aromatic rings. The van der Waals surface area contributed by atoms with Crippen molar-refractivity contribution in [2.75, 3.05) is 32.0 Å². The third-order valence-electron chi connectivity index (χ3n) is 3.91. The Balaban J connectivity index is 1.85. The molecule has 1 saturated carbocycles. The van der Waals surface area contributed by atoms with E-state index in [2.05, 4.69) is 22.5 Å². The van der Waals surface area contributed by atoms with Crippen molar-refractivity contribution in [1.29, 1.82) is 0 Å². The molecule has 1 fully saturated rings. The molecule has 20 heavy (non-hydrogen) atoms. The molecule has 0 bridgehead atoms. The number of rotatable bonds is 7. The lowest BCUT2D eigenvalue weighted by molar-refractivity contribution is 0.0947. The Kier molecular flexibility index (Phi) is 5.01. The molecule has 2 N–H and O–H groups in total. The number of anilines is 1. The number of carbonyl (C=O) groups excluding carboxylic acids is 1. The summed E-state index contributed by atoms with van der Waals surface area (Å²) in [5, 5.41) is 6.10. The van der Waals surface area contributed by atoms with Gasteiger partial charge >= 0.3 is 0 Å². The zero-order valence-corrected chi connectivity index (χ0v) is 12.7. The van der Waals surface area contributed by atoms with Crippen LogP contribution in [-0.2, 0) is 0 Å². The molecule has 0 atom stereocenters. The zero-order chi connectivity index (χ0) is 14.5. The second-order valence-corrected chi connectivity index (χ2v) is 5.40. The first-order valence-corrected chi connectivity index (χ1v) is 7.46. The van der Waals surface area contributed by atoms with E-state index in [4.69, 9.17) is 0 Å². The fraction of sp³-hybridized carbons (Fsp3) is 0.562. The number of benzene rings is 1. The standard InChI is InChI=1S/C16H25N3O/c1-4-19(14-6-7-14)10-9-18-16(20)15-8-5-13(17-3)11-12(15)2/h5,8,11,14,17H,4,6-7,9-10H2,1-3H3,(H,18,20). The fourth-order valence-corrected chi connectivity index (χ4v) is 2.52. The van der Waals surface area contributed by atoms with E-state index < -0.39 is 0 Å². The first-order chi connectivity index (χ1) is 9.65. The summed E-state index contributed by atoms with van der Waals surface area (Å²) in [6.45, 7) is 6.88. The molecule has 2 rings (SSSR count). The molecule has 0 heterocycles. The smallest absolute Gasteiger partial charge is 0.251 e. The van der Waals surface area contributed by atoms with Crippen LogP contribution in [-0.4, -0.2) is 43.5 Å². The molecule has 1 aliphatic rings. The van der Waals surface area contributed by atoms with Crippen molar-refractivity contribution in [3.05, 3.63) is 29.3 Å². The van der Waals surface area contributed by atoms with Gasteiger partial charge in [-0.1, -0.05) is 6.92 Å². The van der Waals surface area contributed by atoms with E-state index in [0.29, 0.717) is 0 Å². The van der Waals surface area contributed by atoms with Gasteiger partial charge in [0, 0.05) is 37.4 Å². The number of nitrogens with zero attached hydrogens (tertiary/aromatic N) is 1. The second-order valence-electron chi connectivity index (χ2n) is 5.40. The van der Waals surface area contributed by atoms with Crippen molar-refractivity contribution in [3.63, 3.8) is 0 Å². The minimum Gasteiger partial charge on any atom is -0.388 e. The number of aryl methyl sites for hydroxylation is 1. The maximum atomic E-state index is 12.2. The topological polar surface area (TPSA) is 44.4 Å². The van der Waals surface area contributed by atoms with Crippen LogP contribution in [0, 0.1) is 6.92 Å². The number of carbonyl (C=O) groups is 1. The van der Waals surface area contributed by atoms with Crippen molar-refractivity contribution in [1.82, 2.24) is 10.2 Å². The van der Waals surface area contributed by atoms with Gasteiger partial charge in [-0.25, -0.2) is 0 Å². The molecule has 1 aliphatic carbocycles. The predicted octanol–water partition coefficient (Wildman–Crippen LogP) is 2.25. The van der Waals surface area contributed by atoms with E-state index in [0.717, 1.165) is 42.5 Å². The first kappa shape index (κ1) is 14.9. The maximum absolute atomic E-state index is 12.2. The Labute approximate surface area is 121 Å². The molecule has 0 aromatic heterocycles. The van der Waals surface area contributed by atoms with E-state index in [9.17, 15) is 4.79 Å². The van der Waals surface area contributed by atoms with Crippen LogP contribution < -0.4 is 10.6 Å². The van der Waals surface area contributed by atoms with Crippen molar-refractivity contribution in [2.24, 2.45) is 0 Å². The van der Waals surface area contributed by atoms with Gasteiger partial charge < -0.3 is 10.6 Å². The molecule has 1 aromatic carbocycles. The largest absolute Gasteiger partial charge is 0.388 e. The number of hydrogen-bond acceptors (Lipinski definition) is 3. The van der Waals surface area contributed by atoms with Crippen LogP contribution >= 0.6 is 0 Å². The Hall–Kier alpha value is -1.55. The highest BCUT2D eigenvalue weighted by Gasteiger charge is 2.27. The summed E-state index contributed by atoms with van der Waals surface area (Å²) in [7, 11) is 1.88. The van der Waals surface area contributed by atoms with E-state index in [1.54, 1.807) is 0 Å². The summed E-state index contributed by atoms with van der Waals surface area (Å²) < 4.78 is 0. The molecular formula is C16H25N3O. The summed E-state index contributed by atoms with van der Waals surface area (Å²) in [5.74, 6) is 0.0250. The molecule has 0 saturated heterocycles. The molecule has 4 nitrogen and oxygen atoms in total. The Morgan fingerprint density at radius 1 is 1.40 bits per heavy atom. The third-order valence-corrected chi connectivity index (χ3v) is 3.91. The van der Waals surface area contributed by atoms with Gasteiger partial charge in [0.05, 0.1) is 0 Å². The Morgan fingerprint density at radius 3 is 2.70 bits per heavy atom. The number of likely N-dealkylation sites (N-methyl/N-ethyl adjacent to an activating group) is 1. The molecule has 0 unspecified atom stereocenters. The van der Waals surface area contributed by atoms with Gasteiger partial charge in [-0.15, -0.1) is 0 Å². The zero-order valence-electron chi connectivity index (χ0n) is 12.7. The average Bonchev–Trinajstić information content (AvgIpc) is 3.27. The minimum absolute atomic E-state index is 0.0250. The van der Waals surface area contributed by atoms with E-state index in [-0.39, 0.29) is 5.91 Å². The lowest BCUT2D eigenvalue weighted by Gasteiger charge is -2.20. The molecule has 0 spiro atoms. The van der Waals surface area contributed by atoms with E-state index in [1.165, 1.54) is 12.8 Å². The van der Waals surface area contributed by atoms with E-state index in [1.807, 2.05) is 32.2 Å². The van der Waals surface area contributed by atoms with Crippen LogP contribution in [0.1, 0.15) is 35.7 Å². The van der Waals surface area contributed by atoms with Crippen LogP contribution in [0.15, 0.2) is 18.2 Å². The monoisotopic (exact) mass is 275 g/mol. The number of nitrogens with one attached hydrogen (secondary N) is 2. The summed E-state index contributed by atoms with van der Waals surface area (Å²) in [4.78, 5) is 14.6. The van der Waals surface area contributed by atoms with Crippen LogP contribution in [0.4, 0.5) is 5.69 Å². The van der Waals surface area contributed by atoms with Gasteiger partial charge in [0.25, 0.3) is 5.91 Å². The van der Waals surface area contributed by atoms with Gasteiger partial charge in [0.1, 0.15) is 0 Å². The molecular weight excluding hydrogens is 250 g/mol. The lowest BCUT2D eigenvalue weighted by Crippen LogP contribution is -2.36. The second kappa shape index (κ2) is 6.75. The minimum atomic E-state index is 0.0250. The Morgan fingerprint density at radius 2 is 2.15 bits per heavy atom. The molecule has 1 amide bonds. The Bertz CT molecular complexity index is 469. The molecule has 110 valence electrons. The number of amides is 1. The van der Waals surface area contributed by atoms with Gasteiger partial charge in [0.15, 0.2) is 0 Å². The highest BCUT2D eigenvalue weighted by molar-refractivity contribution is 5.96. The van der Waals surface area contributed by atoms with Gasteiger partial charge in [-0.3, -0.25) is 9.69 Å². The van der Waals surface area contributed by atoms with Gasteiger partial charge in [0.2, 0.25) is 0 Å². The first-order valence-electron chi connectivity index (χ1n) is 7.46.